The summed E-state index contributed by atoms with van der Waals surface area (Å²) >= 11 is 0. The summed E-state index contributed by atoms with van der Waals surface area (Å²) in [6.07, 6.45) is -0.204. The van der Waals surface area contributed by atoms with Gasteiger partial charge < -0.3 is 5.32 Å². The lowest BCUT2D eigenvalue weighted by Gasteiger charge is -2.37. The van der Waals surface area contributed by atoms with Gasteiger partial charge in [-0.3, -0.25) is 14.6 Å². The minimum Gasteiger partial charge on any atom is -0.325 e. The van der Waals surface area contributed by atoms with Crippen molar-refractivity contribution in [3.63, 3.8) is 0 Å². The van der Waals surface area contributed by atoms with E-state index in [0.29, 0.717) is 0 Å². The molecule has 4 nitrogen and oxygen atoms in total. The van der Waals surface area contributed by atoms with E-state index in [1.807, 2.05) is 18.2 Å². The molecule has 30 heavy (non-hydrogen) atoms. The number of amides is 1. The smallest absolute Gasteiger partial charge is 0.325 e. The van der Waals surface area contributed by atoms with Gasteiger partial charge in [0.25, 0.3) is 0 Å². The highest BCUT2D eigenvalue weighted by Crippen LogP contribution is 2.30. The molecule has 0 radical (unpaired) electrons. The fraction of sp³-hybridized carbons (Fsp3) is 0.348. The van der Waals surface area contributed by atoms with Crippen molar-refractivity contribution < 1.29 is 18.0 Å². The Morgan fingerprint density at radius 3 is 2.43 bits per heavy atom. The third-order valence-electron chi connectivity index (χ3n) is 5.26. The second-order valence-electron chi connectivity index (χ2n) is 7.39. The van der Waals surface area contributed by atoms with Gasteiger partial charge in [0.1, 0.15) is 0 Å². The molecule has 3 rings (SSSR count). The Labute approximate surface area is 175 Å². The Kier molecular flexibility index (Phi) is 7.29. The fourth-order valence-electron chi connectivity index (χ4n) is 3.42. The zero-order valence-electron chi connectivity index (χ0n) is 16.9. The maximum Gasteiger partial charge on any atom is 0.416 e. The van der Waals surface area contributed by atoms with Gasteiger partial charge in [0.05, 0.1) is 11.6 Å². The molecule has 1 aliphatic rings. The molecular weight excluding hydrogens is 391 g/mol. The second-order valence-corrected chi connectivity index (χ2v) is 7.39. The highest BCUT2D eigenvalue weighted by molar-refractivity contribution is 5.94. The van der Waals surface area contributed by atoms with Gasteiger partial charge >= 0.3 is 6.18 Å². The topological polar surface area (TPSA) is 35.6 Å². The molecule has 1 N–H and O–H groups in total. The largest absolute Gasteiger partial charge is 0.416 e. The number of hydrogen-bond donors (Lipinski definition) is 1. The van der Waals surface area contributed by atoms with Gasteiger partial charge in [-0.1, -0.05) is 48.6 Å². The number of piperazine rings is 1. The van der Waals surface area contributed by atoms with Gasteiger partial charge in [-0.05, 0) is 30.7 Å². The number of hydrogen-bond acceptors (Lipinski definition) is 3. The average molecular weight is 417 g/mol. The van der Waals surface area contributed by atoms with Gasteiger partial charge in [-0.2, -0.15) is 13.2 Å². The summed E-state index contributed by atoms with van der Waals surface area (Å²) in [5, 5.41) is 2.61. The first kappa shape index (κ1) is 22.1. The molecule has 1 atom stereocenters. The molecule has 1 amide bonds. The van der Waals surface area contributed by atoms with Crippen LogP contribution in [-0.2, 0) is 11.0 Å². The maximum absolute atomic E-state index is 12.8. The van der Waals surface area contributed by atoms with Crippen LogP contribution in [0.3, 0.4) is 0 Å². The van der Waals surface area contributed by atoms with Crippen molar-refractivity contribution >= 4 is 17.7 Å². The van der Waals surface area contributed by atoms with E-state index >= 15 is 0 Å². The van der Waals surface area contributed by atoms with E-state index in [9.17, 15) is 18.0 Å². The van der Waals surface area contributed by atoms with Crippen molar-refractivity contribution in [1.29, 1.82) is 0 Å². The Hall–Kier alpha value is -2.64. The van der Waals surface area contributed by atoms with Gasteiger partial charge in [0.2, 0.25) is 5.91 Å². The molecule has 0 aliphatic carbocycles. The first-order chi connectivity index (χ1) is 14.3. The van der Waals surface area contributed by atoms with E-state index in [1.165, 1.54) is 12.1 Å². The molecule has 0 saturated carbocycles. The second kappa shape index (κ2) is 9.91. The van der Waals surface area contributed by atoms with Crippen LogP contribution in [-0.4, -0.2) is 54.5 Å². The predicted molar refractivity (Wildman–Crippen MR) is 113 cm³/mol. The maximum atomic E-state index is 12.8. The zero-order valence-corrected chi connectivity index (χ0v) is 16.9. The van der Waals surface area contributed by atoms with Crippen LogP contribution < -0.4 is 5.32 Å². The van der Waals surface area contributed by atoms with Crippen LogP contribution in [0.15, 0.2) is 60.7 Å². The molecule has 1 aliphatic heterocycles. The number of benzene rings is 2. The molecule has 1 saturated heterocycles. The third-order valence-corrected chi connectivity index (χ3v) is 5.26. The molecule has 2 aromatic rings. The highest BCUT2D eigenvalue weighted by atomic mass is 19.4. The summed E-state index contributed by atoms with van der Waals surface area (Å²) in [5.41, 5.74) is 0.549. The Bertz CT molecular complexity index is 859. The number of anilines is 1. The van der Waals surface area contributed by atoms with Crippen molar-refractivity contribution in [2.24, 2.45) is 0 Å². The van der Waals surface area contributed by atoms with Crippen LogP contribution in [0.5, 0.6) is 0 Å². The predicted octanol–water partition coefficient (Wildman–Crippen LogP) is 4.36. The molecule has 0 aromatic heterocycles. The third kappa shape index (κ3) is 6.18. The zero-order chi connectivity index (χ0) is 21.6. The quantitative estimate of drug-likeness (QED) is 0.759. The Balaban J connectivity index is 1.47. The van der Waals surface area contributed by atoms with E-state index in [4.69, 9.17) is 0 Å². The van der Waals surface area contributed by atoms with E-state index in [0.717, 1.165) is 50.4 Å². The average Bonchev–Trinajstić information content (AvgIpc) is 2.74. The van der Waals surface area contributed by atoms with Gasteiger partial charge in [0.15, 0.2) is 0 Å². The molecule has 2 aromatic carbocycles. The molecular formula is C23H26F3N3O. The van der Waals surface area contributed by atoms with Crippen LogP contribution in [0.2, 0.25) is 0 Å². The molecule has 1 heterocycles. The highest BCUT2D eigenvalue weighted by Gasteiger charge is 2.31. The molecule has 7 heteroatoms. The Morgan fingerprint density at radius 1 is 1.07 bits per heavy atom. The van der Waals surface area contributed by atoms with E-state index in [2.05, 4.69) is 39.4 Å². The molecule has 0 spiro atoms. The fourth-order valence-corrected chi connectivity index (χ4v) is 3.42. The molecule has 160 valence electrons. The normalized spacial score (nSPS) is 17.2. The van der Waals surface area contributed by atoms with Crippen molar-refractivity contribution in [3.05, 3.63) is 71.8 Å². The molecule has 0 bridgehead atoms. The number of nitrogens with zero attached hydrogens (tertiary/aromatic N) is 2. The summed E-state index contributed by atoms with van der Waals surface area (Å²) in [7, 11) is 0. The number of halogens is 3. The van der Waals surface area contributed by atoms with Crippen LogP contribution in [0.4, 0.5) is 18.9 Å². The molecule has 0 unspecified atom stereocenters. The van der Waals surface area contributed by atoms with Crippen molar-refractivity contribution in [2.45, 2.75) is 19.1 Å². The minimum atomic E-state index is -4.43. The van der Waals surface area contributed by atoms with Crippen molar-refractivity contribution in [3.8, 4) is 0 Å². The number of alkyl halides is 3. The first-order valence-corrected chi connectivity index (χ1v) is 9.99. The molecule has 1 fully saturated rings. The van der Waals surface area contributed by atoms with Gasteiger partial charge in [-0.15, -0.1) is 0 Å². The van der Waals surface area contributed by atoms with E-state index < -0.39 is 17.8 Å². The Morgan fingerprint density at radius 2 is 1.77 bits per heavy atom. The SMILES string of the molecule is C[C@@H](C(=O)Nc1cccc(C(F)(F)F)c1)N1CCN(C/C=C/c2ccccc2)CC1. The van der Waals surface area contributed by atoms with Crippen molar-refractivity contribution in [1.82, 2.24) is 9.80 Å². The standard InChI is InChI=1S/C23H26F3N3O/c1-18(22(30)27-21-11-5-10-20(17-21)23(24,25)26)29-15-13-28(14-16-29)12-6-9-19-7-3-2-4-8-19/h2-11,17-18H,12-16H2,1H3,(H,27,30)/b9-6+/t18-/m0/s1. The number of carbonyl (C=O) groups is 1. The van der Waals surface area contributed by atoms with Crippen molar-refractivity contribution in [2.75, 3.05) is 38.0 Å². The summed E-state index contributed by atoms with van der Waals surface area (Å²) in [6, 6.07) is 14.4. The first-order valence-electron chi connectivity index (χ1n) is 9.99. The lowest BCUT2D eigenvalue weighted by molar-refractivity contribution is -0.137. The van der Waals surface area contributed by atoms with E-state index in [1.54, 1.807) is 6.92 Å². The summed E-state index contributed by atoms with van der Waals surface area (Å²) < 4.78 is 38.5. The number of carbonyl (C=O) groups excluding carboxylic acids is 1. The summed E-state index contributed by atoms with van der Waals surface area (Å²) in [4.78, 5) is 16.9. The van der Waals surface area contributed by atoms with Gasteiger partial charge in [0, 0.05) is 38.4 Å². The lowest BCUT2D eigenvalue weighted by atomic mass is 10.1. The lowest BCUT2D eigenvalue weighted by Crippen LogP contribution is -2.52. The van der Waals surface area contributed by atoms with Crippen LogP contribution in [0.25, 0.3) is 6.08 Å². The summed E-state index contributed by atoms with van der Waals surface area (Å²) in [5.74, 6) is -0.299. The monoisotopic (exact) mass is 417 g/mol. The number of nitrogens with one attached hydrogen (secondary N) is 1. The van der Waals surface area contributed by atoms with Crippen LogP contribution >= 0.6 is 0 Å². The van der Waals surface area contributed by atoms with Gasteiger partial charge in [-0.25, -0.2) is 0 Å². The summed E-state index contributed by atoms with van der Waals surface area (Å²) in [6.45, 7) is 5.76. The minimum absolute atomic E-state index is 0.159. The number of rotatable bonds is 6. The van der Waals surface area contributed by atoms with Crippen LogP contribution in [0, 0.1) is 0 Å². The van der Waals surface area contributed by atoms with E-state index in [-0.39, 0.29) is 11.6 Å². The van der Waals surface area contributed by atoms with Crippen LogP contribution in [0.1, 0.15) is 18.1 Å².